The Labute approximate surface area is 123 Å². The zero-order valence-corrected chi connectivity index (χ0v) is 12.3. The predicted molar refractivity (Wildman–Crippen MR) is 79.2 cm³/mol. The van der Waals surface area contributed by atoms with Gasteiger partial charge in [-0.25, -0.2) is 9.18 Å². The van der Waals surface area contributed by atoms with Crippen molar-refractivity contribution in [2.24, 2.45) is 5.92 Å². The first kappa shape index (κ1) is 15.6. The lowest BCUT2D eigenvalue weighted by atomic mass is 10.1. The molecule has 0 heterocycles. The summed E-state index contributed by atoms with van der Waals surface area (Å²) in [6, 6.07) is 2.54. The van der Waals surface area contributed by atoms with Crippen LogP contribution < -0.4 is 10.6 Å². The van der Waals surface area contributed by atoms with Gasteiger partial charge in [0, 0.05) is 25.4 Å². The standard InChI is InChI=1S/C15H21FN2O3/c1-9(10-3-4-10)18(5-6-21-2)14-7-11(15(19)20)13(17)8-12(14)16/h7-10H,3-6,17H2,1-2H3,(H,19,20). The van der Waals surface area contributed by atoms with Gasteiger partial charge in [0.1, 0.15) is 5.82 Å². The number of methoxy groups -OCH3 is 1. The first-order chi connectivity index (χ1) is 9.95. The molecule has 1 aromatic rings. The number of benzene rings is 1. The molecule has 2 rings (SSSR count). The fraction of sp³-hybridized carbons (Fsp3) is 0.533. The Morgan fingerprint density at radius 1 is 1.57 bits per heavy atom. The Hall–Kier alpha value is -1.82. The third-order valence-corrected chi connectivity index (χ3v) is 3.99. The Morgan fingerprint density at radius 2 is 2.24 bits per heavy atom. The molecule has 1 unspecified atom stereocenters. The number of ether oxygens (including phenoxy) is 1. The van der Waals surface area contributed by atoms with Gasteiger partial charge < -0.3 is 20.5 Å². The lowest BCUT2D eigenvalue weighted by molar-refractivity contribution is 0.0698. The van der Waals surface area contributed by atoms with Crippen molar-refractivity contribution < 1.29 is 19.0 Å². The Balaban J connectivity index is 2.37. The molecule has 21 heavy (non-hydrogen) atoms. The number of halogens is 1. The maximum atomic E-state index is 14.3. The van der Waals surface area contributed by atoms with E-state index in [1.807, 2.05) is 11.8 Å². The summed E-state index contributed by atoms with van der Waals surface area (Å²) < 4.78 is 19.3. The smallest absolute Gasteiger partial charge is 0.337 e. The molecule has 1 saturated carbocycles. The van der Waals surface area contributed by atoms with Crippen molar-refractivity contribution in [2.45, 2.75) is 25.8 Å². The van der Waals surface area contributed by atoms with E-state index >= 15 is 0 Å². The Bertz CT molecular complexity index is 532. The molecule has 5 nitrogen and oxygen atoms in total. The highest BCUT2D eigenvalue weighted by Gasteiger charge is 2.33. The quantitative estimate of drug-likeness (QED) is 0.755. The number of hydrogen-bond donors (Lipinski definition) is 2. The van der Waals surface area contributed by atoms with E-state index in [0.29, 0.717) is 19.1 Å². The molecular formula is C15H21FN2O3. The Morgan fingerprint density at radius 3 is 2.76 bits per heavy atom. The summed E-state index contributed by atoms with van der Waals surface area (Å²) >= 11 is 0. The number of nitrogen functional groups attached to an aromatic ring is 1. The number of aromatic carboxylic acids is 1. The summed E-state index contributed by atoms with van der Waals surface area (Å²) in [6.45, 7) is 2.99. The first-order valence-corrected chi connectivity index (χ1v) is 7.03. The minimum absolute atomic E-state index is 0.0606. The van der Waals surface area contributed by atoms with Gasteiger partial charge in [0.25, 0.3) is 0 Å². The summed E-state index contributed by atoms with van der Waals surface area (Å²) in [4.78, 5) is 13.1. The molecule has 0 radical (unpaired) electrons. The van der Waals surface area contributed by atoms with Gasteiger partial charge in [0.05, 0.1) is 17.9 Å². The lowest BCUT2D eigenvalue weighted by Crippen LogP contribution is -2.38. The maximum absolute atomic E-state index is 14.3. The summed E-state index contributed by atoms with van der Waals surface area (Å²) in [5.74, 6) is -1.13. The van der Waals surface area contributed by atoms with Crippen molar-refractivity contribution in [1.29, 1.82) is 0 Å². The zero-order valence-electron chi connectivity index (χ0n) is 12.3. The highest BCUT2D eigenvalue weighted by atomic mass is 19.1. The van der Waals surface area contributed by atoms with Crippen LogP contribution in [0.1, 0.15) is 30.1 Å². The molecule has 0 bridgehead atoms. The zero-order chi connectivity index (χ0) is 15.6. The molecule has 116 valence electrons. The molecule has 1 aromatic carbocycles. The van der Waals surface area contributed by atoms with Crippen LogP contribution in [0.5, 0.6) is 0 Å². The monoisotopic (exact) mass is 296 g/mol. The average molecular weight is 296 g/mol. The molecule has 6 heteroatoms. The van der Waals surface area contributed by atoms with Crippen LogP contribution in [0, 0.1) is 11.7 Å². The third kappa shape index (κ3) is 3.44. The van der Waals surface area contributed by atoms with E-state index in [2.05, 4.69) is 0 Å². The van der Waals surface area contributed by atoms with E-state index in [1.165, 1.54) is 6.07 Å². The van der Waals surface area contributed by atoms with E-state index in [-0.39, 0.29) is 23.0 Å². The van der Waals surface area contributed by atoms with Gasteiger partial charge in [-0.15, -0.1) is 0 Å². The molecule has 0 saturated heterocycles. The molecule has 3 N–H and O–H groups in total. The molecule has 0 amide bonds. The van der Waals surface area contributed by atoms with Gasteiger partial charge in [-0.2, -0.15) is 0 Å². The molecular weight excluding hydrogens is 275 g/mol. The van der Waals surface area contributed by atoms with Crippen molar-refractivity contribution in [3.63, 3.8) is 0 Å². The number of carbonyl (C=O) groups is 1. The minimum atomic E-state index is -1.15. The fourth-order valence-corrected chi connectivity index (χ4v) is 2.55. The van der Waals surface area contributed by atoms with Crippen LogP contribution in [-0.2, 0) is 4.74 Å². The molecule has 0 spiro atoms. The normalized spacial score (nSPS) is 15.8. The molecule has 0 aromatic heterocycles. The van der Waals surface area contributed by atoms with Crippen LogP contribution in [0.4, 0.5) is 15.8 Å². The number of carboxylic acids is 1. The van der Waals surface area contributed by atoms with Crippen LogP contribution in [0.25, 0.3) is 0 Å². The van der Waals surface area contributed by atoms with E-state index in [9.17, 15) is 9.18 Å². The van der Waals surface area contributed by atoms with Gasteiger partial charge >= 0.3 is 5.97 Å². The number of carboxylic acid groups (broad SMARTS) is 1. The second-order valence-electron chi connectivity index (χ2n) is 5.46. The van der Waals surface area contributed by atoms with Crippen molar-refractivity contribution in [3.8, 4) is 0 Å². The van der Waals surface area contributed by atoms with E-state index in [1.54, 1.807) is 7.11 Å². The number of rotatable bonds is 7. The second-order valence-corrected chi connectivity index (χ2v) is 5.46. The van der Waals surface area contributed by atoms with Crippen LogP contribution in [0.15, 0.2) is 12.1 Å². The average Bonchev–Trinajstić information content (AvgIpc) is 3.24. The predicted octanol–water partition coefficient (Wildman–Crippen LogP) is 2.36. The number of nitrogens with zero attached hydrogens (tertiary/aromatic N) is 1. The van der Waals surface area contributed by atoms with Gasteiger partial charge in [-0.3, -0.25) is 0 Å². The summed E-state index contributed by atoms with van der Waals surface area (Å²) in [5, 5.41) is 9.15. The molecule has 1 atom stereocenters. The van der Waals surface area contributed by atoms with Gasteiger partial charge in [-0.05, 0) is 37.8 Å². The fourth-order valence-electron chi connectivity index (χ4n) is 2.55. The van der Waals surface area contributed by atoms with Crippen molar-refractivity contribution in [1.82, 2.24) is 0 Å². The summed E-state index contributed by atoms with van der Waals surface area (Å²) in [7, 11) is 1.59. The highest BCUT2D eigenvalue weighted by Crippen LogP contribution is 2.38. The number of hydrogen-bond acceptors (Lipinski definition) is 4. The van der Waals surface area contributed by atoms with Gasteiger partial charge in [-0.1, -0.05) is 0 Å². The van der Waals surface area contributed by atoms with Crippen molar-refractivity contribution in [2.75, 3.05) is 30.9 Å². The summed E-state index contributed by atoms with van der Waals surface area (Å²) in [6.07, 6.45) is 2.24. The molecule has 0 aliphatic heterocycles. The highest BCUT2D eigenvalue weighted by molar-refractivity contribution is 5.95. The van der Waals surface area contributed by atoms with Crippen LogP contribution in [0.3, 0.4) is 0 Å². The third-order valence-electron chi connectivity index (χ3n) is 3.99. The first-order valence-electron chi connectivity index (χ1n) is 7.03. The second kappa shape index (κ2) is 6.30. The topological polar surface area (TPSA) is 75.8 Å². The largest absolute Gasteiger partial charge is 0.478 e. The molecule has 1 aliphatic rings. The summed E-state index contributed by atoms with van der Waals surface area (Å²) in [5.41, 5.74) is 5.72. The van der Waals surface area contributed by atoms with Crippen LogP contribution in [-0.4, -0.2) is 37.4 Å². The maximum Gasteiger partial charge on any atom is 0.337 e. The van der Waals surface area contributed by atoms with Crippen LogP contribution in [0.2, 0.25) is 0 Å². The Kier molecular flexibility index (Phi) is 4.67. The SMILES string of the molecule is COCCN(c1cc(C(=O)O)c(N)cc1F)C(C)C1CC1. The van der Waals surface area contributed by atoms with Gasteiger partial charge in [0.2, 0.25) is 0 Å². The van der Waals surface area contributed by atoms with E-state index in [4.69, 9.17) is 15.6 Å². The van der Waals surface area contributed by atoms with E-state index in [0.717, 1.165) is 18.9 Å². The number of anilines is 2. The molecule has 1 fully saturated rings. The lowest BCUT2D eigenvalue weighted by Gasteiger charge is -2.32. The molecule has 1 aliphatic carbocycles. The van der Waals surface area contributed by atoms with E-state index < -0.39 is 11.8 Å². The van der Waals surface area contributed by atoms with Gasteiger partial charge in [0.15, 0.2) is 0 Å². The van der Waals surface area contributed by atoms with Crippen LogP contribution >= 0.6 is 0 Å². The number of nitrogens with two attached hydrogens (primary N) is 1. The minimum Gasteiger partial charge on any atom is -0.478 e. The van der Waals surface area contributed by atoms with Crippen molar-refractivity contribution >= 4 is 17.3 Å². The van der Waals surface area contributed by atoms with Crippen molar-refractivity contribution in [3.05, 3.63) is 23.5 Å².